The first-order chi connectivity index (χ1) is 13.1. The minimum Gasteiger partial charge on any atom is -0.478 e. The van der Waals surface area contributed by atoms with E-state index in [4.69, 9.17) is 5.11 Å². The van der Waals surface area contributed by atoms with Crippen LogP contribution in [-0.4, -0.2) is 17.0 Å². The number of nitriles is 1. The van der Waals surface area contributed by atoms with Crippen molar-refractivity contribution in [3.05, 3.63) is 84.1 Å². The minimum absolute atomic E-state index is 0.106. The number of amides is 1. The van der Waals surface area contributed by atoms with E-state index in [1.807, 2.05) is 48.5 Å². The summed E-state index contributed by atoms with van der Waals surface area (Å²) in [4.78, 5) is 23.1. The van der Waals surface area contributed by atoms with E-state index in [-0.39, 0.29) is 11.1 Å². The molecule has 0 saturated carbocycles. The number of rotatable bonds is 5. The number of nitrogens with zero attached hydrogens (tertiary/aromatic N) is 1. The second-order valence-electron chi connectivity index (χ2n) is 5.71. The number of carbonyl (C=O) groups excluding carboxylic acids is 1. The zero-order valence-electron chi connectivity index (χ0n) is 14.1. The van der Waals surface area contributed by atoms with Gasteiger partial charge in [-0.25, -0.2) is 4.79 Å². The molecule has 27 heavy (non-hydrogen) atoms. The van der Waals surface area contributed by atoms with Crippen molar-refractivity contribution in [2.45, 2.75) is 0 Å². The Morgan fingerprint density at radius 3 is 2.26 bits per heavy atom. The van der Waals surface area contributed by atoms with Gasteiger partial charge in [0, 0.05) is 17.6 Å². The van der Waals surface area contributed by atoms with Gasteiger partial charge in [-0.3, -0.25) is 4.79 Å². The van der Waals surface area contributed by atoms with Crippen molar-refractivity contribution in [1.29, 1.82) is 5.26 Å². The fourth-order valence-electron chi connectivity index (χ4n) is 2.48. The number of nitrogens with one attached hydrogen (secondary N) is 2. The van der Waals surface area contributed by atoms with Gasteiger partial charge in [0.1, 0.15) is 11.6 Å². The highest BCUT2D eigenvalue weighted by Gasteiger charge is 2.10. The first-order valence-electron chi connectivity index (χ1n) is 8.07. The molecule has 6 nitrogen and oxygen atoms in total. The first kappa shape index (κ1) is 17.7. The van der Waals surface area contributed by atoms with Crippen molar-refractivity contribution in [3.63, 3.8) is 0 Å². The molecule has 0 fully saturated rings. The second-order valence-corrected chi connectivity index (χ2v) is 5.71. The maximum absolute atomic E-state index is 12.2. The third-order valence-electron chi connectivity index (χ3n) is 3.89. The molecular weight excluding hydrogens is 342 g/mol. The summed E-state index contributed by atoms with van der Waals surface area (Å²) in [7, 11) is 0. The Morgan fingerprint density at radius 1 is 0.926 bits per heavy atom. The Kier molecular flexibility index (Phi) is 5.15. The van der Waals surface area contributed by atoms with E-state index in [2.05, 4.69) is 10.6 Å². The minimum atomic E-state index is -1.05. The van der Waals surface area contributed by atoms with E-state index in [1.165, 1.54) is 30.5 Å². The lowest BCUT2D eigenvalue weighted by atomic mass is 10.1. The SMILES string of the molecule is N#C/C(=C/Nc1ccc2ccccc2c1)C(=O)Nc1ccc(C(=O)O)cc1. The molecule has 0 atom stereocenters. The van der Waals surface area contributed by atoms with Crippen molar-refractivity contribution < 1.29 is 14.7 Å². The molecule has 3 rings (SSSR count). The smallest absolute Gasteiger partial charge is 0.335 e. The fourth-order valence-corrected chi connectivity index (χ4v) is 2.48. The number of fused-ring (bicyclic) bond motifs is 1. The lowest BCUT2D eigenvalue weighted by Gasteiger charge is -2.06. The van der Waals surface area contributed by atoms with Crippen LogP contribution in [0.25, 0.3) is 10.8 Å². The predicted molar refractivity (Wildman–Crippen MR) is 103 cm³/mol. The normalized spacial score (nSPS) is 10.9. The number of carboxylic acids is 1. The van der Waals surface area contributed by atoms with E-state index in [1.54, 1.807) is 0 Å². The van der Waals surface area contributed by atoms with Gasteiger partial charge < -0.3 is 15.7 Å². The molecule has 0 aliphatic rings. The van der Waals surface area contributed by atoms with Crippen LogP contribution in [0.15, 0.2) is 78.5 Å². The van der Waals surface area contributed by atoms with Crippen LogP contribution in [0.5, 0.6) is 0 Å². The Morgan fingerprint density at radius 2 is 1.59 bits per heavy atom. The van der Waals surface area contributed by atoms with Gasteiger partial charge >= 0.3 is 5.97 Å². The highest BCUT2D eigenvalue weighted by molar-refractivity contribution is 6.07. The van der Waals surface area contributed by atoms with Crippen LogP contribution in [0.3, 0.4) is 0 Å². The van der Waals surface area contributed by atoms with E-state index in [0.29, 0.717) is 5.69 Å². The van der Waals surface area contributed by atoms with Crippen LogP contribution in [-0.2, 0) is 4.79 Å². The predicted octanol–water partition coefficient (Wildman–Crippen LogP) is 4.00. The third kappa shape index (κ3) is 4.30. The Balaban J connectivity index is 1.71. The Hall–Kier alpha value is -4.11. The molecule has 0 unspecified atom stereocenters. The summed E-state index contributed by atoms with van der Waals surface area (Å²) in [5.74, 6) is -1.64. The average molecular weight is 357 g/mol. The standard InChI is InChI=1S/C21H15N3O3/c22-12-17(20(25)24-18-8-6-15(7-9-18)21(26)27)13-23-19-10-5-14-3-1-2-4-16(14)11-19/h1-11,13,23H,(H,24,25)(H,26,27)/b17-13-. The molecule has 0 heterocycles. The van der Waals surface area contributed by atoms with E-state index < -0.39 is 11.9 Å². The number of carboxylic acid groups (broad SMARTS) is 1. The molecule has 132 valence electrons. The van der Waals surface area contributed by atoms with E-state index >= 15 is 0 Å². The highest BCUT2D eigenvalue weighted by atomic mass is 16.4. The molecular formula is C21H15N3O3. The quantitative estimate of drug-likeness (QED) is 0.473. The lowest BCUT2D eigenvalue weighted by Crippen LogP contribution is -2.14. The summed E-state index contributed by atoms with van der Waals surface area (Å²) in [6.45, 7) is 0. The first-order valence-corrected chi connectivity index (χ1v) is 8.07. The zero-order chi connectivity index (χ0) is 19.2. The van der Waals surface area contributed by atoms with Gasteiger partial charge in [0.2, 0.25) is 0 Å². The maximum Gasteiger partial charge on any atom is 0.335 e. The van der Waals surface area contributed by atoms with Crippen LogP contribution >= 0.6 is 0 Å². The highest BCUT2D eigenvalue weighted by Crippen LogP contribution is 2.19. The summed E-state index contributed by atoms with van der Waals surface area (Å²) in [6.07, 6.45) is 1.34. The van der Waals surface area contributed by atoms with Crippen molar-refractivity contribution in [2.24, 2.45) is 0 Å². The molecule has 3 aromatic rings. The molecule has 0 aliphatic carbocycles. The molecule has 3 aromatic carbocycles. The Labute approximate surface area is 155 Å². The summed E-state index contributed by atoms with van der Waals surface area (Å²) in [5, 5.41) is 25.8. The van der Waals surface area contributed by atoms with E-state index in [9.17, 15) is 14.9 Å². The van der Waals surface area contributed by atoms with Gasteiger partial charge in [-0.15, -0.1) is 0 Å². The van der Waals surface area contributed by atoms with Crippen molar-refractivity contribution in [2.75, 3.05) is 10.6 Å². The molecule has 0 saturated heterocycles. The molecule has 1 amide bonds. The molecule has 0 radical (unpaired) electrons. The Bertz CT molecular complexity index is 1080. The van der Waals surface area contributed by atoms with Crippen LogP contribution < -0.4 is 10.6 Å². The molecule has 3 N–H and O–H groups in total. The van der Waals surface area contributed by atoms with Gasteiger partial charge in [-0.2, -0.15) is 5.26 Å². The van der Waals surface area contributed by atoms with Crippen molar-refractivity contribution >= 4 is 34.0 Å². The number of hydrogen-bond acceptors (Lipinski definition) is 4. The van der Waals surface area contributed by atoms with Crippen LogP contribution in [0.4, 0.5) is 11.4 Å². The molecule has 0 aromatic heterocycles. The van der Waals surface area contributed by atoms with Crippen LogP contribution in [0, 0.1) is 11.3 Å². The van der Waals surface area contributed by atoms with Gasteiger partial charge in [0.15, 0.2) is 0 Å². The summed E-state index contributed by atoms with van der Waals surface area (Å²) < 4.78 is 0. The summed E-state index contributed by atoms with van der Waals surface area (Å²) in [6, 6.07) is 21.1. The van der Waals surface area contributed by atoms with Crippen LogP contribution in [0.1, 0.15) is 10.4 Å². The number of hydrogen-bond donors (Lipinski definition) is 3. The maximum atomic E-state index is 12.2. The summed E-state index contributed by atoms with van der Waals surface area (Å²) in [5.41, 5.74) is 1.16. The second kappa shape index (κ2) is 7.85. The van der Waals surface area contributed by atoms with Gasteiger partial charge in [-0.05, 0) is 47.2 Å². The number of aromatic carboxylic acids is 1. The monoisotopic (exact) mass is 357 g/mol. The zero-order valence-corrected chi connectivity index (χ0v) is 14.1. The topological polar surface area (TPSA) is 102 Å². The fraction of sp³-hybridized carbons (Fsp3) is 0. The molecule has 6 heteroatoms. The van der Waals surface area contributed by atoms with Crippen LogP contribution in [0.2, 0.25) is 0 Å². The number of anilines is 2. The molecule has 0 aliphatic heterocycles. The summed E-state index contributed by atoms with van der Waals surface area (Å²) >= 11 is 0. The average Bonchev–Trinajstić information content (AvgIpc) is 2.68. The molecule has 0 bridgehead atoms. The lowest BCUT2D eigenvalue weighted by molar-refractivity contribution is -0.112. The van der Waals surface area contributed by atoms with Crippen molar-refractivity contribution in [3.8, 4) is 6.07 Å². The largest absolute Gasteiger partial charge is 0.478 e. The van der Waals surface area contributed by atoms with E-state index in [0.717, 1.165) is 16.5 Å². The van der Waals surface area contributed by atoms with Crippen molar-refractivity contribution in [1.82, 2.24) is 0 Å². The van der Waals surface area contributed by atoms with Gasteiger partial charge in [0.05, 0.1) is 5.56 Å². The van der Waals surface area contributed by atoms with Gasteiger partial charge in [0.25, 0.3) is 5.91 Å². The number of carbonyl (C=O) groups is 2. The van der Waals surface area contributed by atoms with Gasteiger partial charge in [-0.1, -0.05) is 30.3 Å². The molecule has 0 spiro atoms. The third-order valence-corrected chi connectivity index (χ3v) is 3.89. The number of benzene rings is 3.